The Hall–Kier alpha value is -2.25. The predicted octanol–water partition coefficient (Wildman–Crippen LogP) is 3.90. The number of hydrogen-bond acceptors (Lipinski definition) is 2. The summed E-state index contributed by atoms with van der Waals surface area (Å²) in [5, 5.41) is -0.580. The van der Waals surface area contributed by atoms with Gasteiger partial charge in [0.15, 0.2) is 0 Å². The van der Waals surface area contributed by atoms with Crippen molar-refractivity contribution in [2.75, 3.05) is 24.5 Å². The van der Waals surface area contributed by atoms with Crippen LogP contribution in [0.25, 0.3) is 0 Å². The van der Waals surface area contributed by atoms with Gasteiger partial charge in [-0.05, 0) is 30.3 Å². The van der Waals surface area contributed by atoms with Crippen molar-refractivity contribution in [1.82, 2.24) is 4.90 Å². The van der Waals surface area contributed by atoms with Gasteiger partial charge in [-0.2, -0.15) is 0 Å². The lowest BCUT2D eigenvalue weighted by Crippen LogP contribution is -2.52. The number of anilines is 1. The van der Waals surface area contributed by atoms with Crippen LogP contribution in [0, 0.1) is 17.5 Å². The van der Waals surface area contributed by atoms with E-state index in [-0.39, 0.29) is 24.7 Å². The molecule has 1 aliphatic rings. The van der Waals surface area contributed by atoms with Crippen LogP contribution in [0.5, 0.6) is 0 Å². The average Bonchev–Trinajstić information content (AvgIpc) is 2.59. The lowest BCUT2D eigenvalue weighted by atomic mass is 10.1. The first-order valence-corrected chi connectivity index (χ1v) is 8.23. The number of benzene rings is 2. The van der Waals surface area contributed by atoms with E-state index >= 15 is 0 Å². The number of amides is 2. The largest absolute Gasteiger partial charge is 0.327 e. The first kappa shape index (κ1) is 18.5. The molecule has 0 atom stereocenters. The molecule has 0 radical (unpaired) electrons. The van der Waals surface area contributed by atoms with Crippen molar-refractivity contribution in [1.29, 1.82) is 0 Å². The summed E-state index contributed by atoms with van der Waals surface area (Å²) < 4.78 is 40.6. The fraction of sp³-hybridized carbons (Fsp3) is 0.176. The smallest absolute Gasteiger partial charge is 0.258 e. The van der Waals surface area contributed by atoms with Crippen LogP contribution in [0.4, 0.5) is 18.9 Å². The van der Waals surface area contributed by atoms with Crippen molar-refractivity contribution in [3.63, 3.8) is 0 Å². The van der Waals surface area contributed by atoms with Crippen molar-refractivity contribution in [2.24, 2.45) is 0 Å². The van der Waals surface area contributed by atoms with E-state index in [1.807, 2.05) is 0 Å². The molecule has 2 aromatic carbocycles. The van der Waals surface area contributed by atoms with Gasteiger partial charge in [-0.15, -0.1) is 0 Å². The molecule has 3 rings (SSSR count). The monoisotopic (exact) mass is 402 g/mol. The summed E-state index contributed by atoms with van der Waals surface area (Å²) in [7, 11) is 0. The molecule has 9 heteroatoms. The third kappa shape index (κ3) is 3.37. The molecule has 4 nitrogen and oxygen atoms in total. The molecule has 2 aromatic rings. The quantitative estimate of drug-likeness (QED) is 0.714. The van der Waals surface area contributed by atoms with Gasteiger partial charge < -0.3 is 9.80 Å². The average molecular weight is 403 g/mol. The minimum atomic E-state index is -0.974. The number of hydrogen-bond donors (Lipinski definition) is 0. The van der Waals surface area contributed by atoms with Crippen LogP contribution >= 0.6 is 23.2 Å². The van der Waals surface area contributed by atoms with Gasteiger partial charge in [-0.3, -0.25) is 9.59 Å². The van der Waals surface area contributed by atoms with E-state index in [2.05, 4.69) is 0 Å². The summed E-state index contributed by atoms with van der Waals surface area (Å²) in [5.74, 6) is -3.83. The molecule has 0 aliphatic carbocycles. The van der Waals surface area contributed by atoms with Gasteiger partial charge >= 0.3 is 0 Å². The van der Waals surface area contributed by atoms with Crippen molar-refractivity contribution in [2.45, 2.75) is 0 Å². The van der Waals surface area contributed by atoms with Crippen LogP contribution in [0.1, 0.15) is 10.4 Å². The molecule has 0 saturated carbocycles. The van der Waals surface area contributed by atoms with E-state index in [1.165, 1.54) is 11.0 Å². The Morgan fingerprint density at radius 2 is 1.69 bits per heavy atom. The molecule has 0 N–H and O–H groups in total. The van der Waals surface area contributed by atoms with Crippen molar-refractivity contribution < 1.29 is 22.8 Å². The Kier molecular flexibility index (Phi) is 5.11. The zero-order valence-electron chi connectivity index (χ0n) is 13.1. The second kappa shape index (κ2) is 7.17. The molecular weight excluding hydrogens is 392 g/mol. The van der Waals surface area contributed by atoms with Crippen molar-refractivity contribution in [3.8, 4) is 0 Å². The van der Waals surface area contributed by atoms with Gasteiger partial charge in [-0.25, -0.2) is 13.2 Å². The SMILES string of the molecule is O=C(c1c(F)ccc(F)c1Cl)N1CCN(c2ccc(F)cc2Cl)C(=O)C1. The molecule has 26 heavy (non-hydrogen) atoms. The minimum absolute atomic E-state index is 0.0462. The number of carbonyl (C=O) groups excluding carboxylic acids is 2. The van der Waals surface area contributed by atoms with Crippen molar-refractivity contribution >= 4 is 40.7 Å². The van der Waals surface area contributed by atoms with E-state index in [4.69, 9.17) is 23.2 Å². The van der Waals surface area contributed by atoms with Gasteiger partial charge in [-0.1, -0.05) is 23.2 Å². The highest BCUT2D eigenvalue weighted by atomic mass is 35.5. The Labute approximate surface area is 156 Å². The maximum atomic E-state index is 13.9. The van der Waals surface area contributed by atoms with Crippen LogP contribution in [-0.4, -0.2) is 36.3 Å². The van der Waals surface area contributed by atoms with Gasteiger partial charge in [0.05, 0.1) is 21.3 Å². The highest BCUT2D eigenvalue weighted by Crippen LogP contribution is 2.29. The molecule has 0 spiro atoms. The molecule has 1 aliphatic heterocycles. The third-order valence-corrected chi connectivity index (χ3v) is 4.64. The van der Waals surface area contributed by atoms with Gasteiger partial charge in [0, 0.05) is 13.1 Å². The number of rotatable bonds is 2. The fourth-order valence-electron chi connectivity index (χ4n) is 2.68. The normalized spacial score (nSPS) is 14.7. The maximum Gasteiger partial charge on any atom is 0.258 e. The van der Waals surface area contributed by atoms with E-state index < -0.39 is 39.9 Å². The van der Waals surface area contributed by atoms with E-state index in [9.17, 15) is 22.8 Å². The lowest BCUT2D eigenvalue weighted by molar-refractivity contribution is -0.120. The summed E-state index contributed by atoms with van der Waals surface area (Å²) >= 11 is 11.7. The summed E-state index contributed by atoms with van der Waals surface area (Å²) in [6.07, 6.45) is 0. The third-order valence-electron chi connectivity index (χ3n) is 3.97. The van der Waals surface area contributed by atoms with Gasteiger partial charge in [0.25, 0.3) is 5.91 Å². The maximum absolute atomic E-state index is 13.9. The molecule has 0 aromatic heterocycles. The second-order valence-electron chi connectivity index (χ2n) is 5.59. The zero-order valence-corrected chi connectivity index (χ0v) is 14.6. The number of carbonyl (C=O) groups is 2. The summed E-state index contributed by atoms with van der Waals surface area (Å²) in [5.41, 5.74) is -0.312. The molecule has 0 bridgehead atoms. The van der Waals surface area contributed by atoms with E-state index in [0.29, 0.717) is 5.69 Å². The summed E-state index contributed by atoms with van der Waals surface area (Å²) in [4.78, 5) is 27.2. The lowest BCUT2D eigenvalue weighted by Gasteiger charge is -2.34. The van der Waals surface area contributed by atoms with Crippen LogP contribution in [0.3, 0.4) is 0 Å². The van der Waals surface area contributed by atoms with Crippen LogP contribution < -0.4 is 4.90 Å². The highest BCUT2D eigenvalue weighted by Gasteiger charge is 2.32. The van der Waals surface area contributed by atoms with Crippen LogP contribution in [0.2, 0.25) is 10.0 Å². The first-order valence-electron chi connectivity index (χ1n) is 7.47. The predicted molar refractivity (Wildman–Crippen MR) is 91.0 cm³/mol. The summed E-state index contributed by atoms with van der Waals surface area (Å²) in [6, 6.07) is 5.20. The van der Waals surface area contributed by atoms with Gasteiger partial charge in [0.2, 0.25) is 5.91 Å². The fourth-order valence-corrected chi connectivity index (χ4v) is 3.19. The molecule has 136 valence electrons. The van der Waals surface area contributed by atoms with Gasteiger partial charge in [0.1, 0.15) is 24.0 Å². The molecule has 1 saturated heterocycles. The standard InChI is InChI=1S/C17H11Cl2F3N2O2/c18-10-7-9(20)1-4-13(10)24-6-5-23(8-14(24)25)17(26)15-11(21)2-3-12(22)16(15)19/h1-4,7H,5-6,8H2. The highest BCUT2D eigenvalue weighted by molar-refractivity contribution is 6.34. The van der Waals surface area contributed by atoms with Crippen LogP contribution in [-0.2, 0) is 4.79 Å². The van der Waals surface area contributed by atoms with Crippen molar-refractivity contribution in [3.05, 3.63) is 63.4 Å². The second-order valence-corrected chi connectivity index (χ2v) is 6.37. The van der Waals surface area contributed by atoms with E-state index in [1.54, 1.807) is 0 Å². The Balaban J connectivity index is 1.82. The molecular formula is C17H11Cl2F3N2O2. The number of piperazine rings is 1. The molecule has 1 fully saturated rings. The zero-order chi connectivity index (χ0) is 19.0. The molecule has 1 heterocycles. The summed E-state index contributed by atoms with van der Waals surface area (Å²) in [6.45, 7) is -0.270. The molecule has 2 amide bonds. The number of halogens is 5. The Morgan fingerprint density at radius 3 is 2.35 bits per heavy atom. The Bertz CT molecular complexity index is 908. The first-order chi connectivity index (χ1) is 12.3. The van der Waals surface area contributed by atoms with E-state index in [0.717, 1.165) is 29.2 Å². The van der Waals surface area contributed by atoms with Crippen LogP contribution in [0.15, 0.2) is 30.3 Å². The number of nitrogens with zero attached hydrogens (tertiary/aromatic N) is 2. The topological polar surface area (TPSA) is 40.6 Å². The Morgan fingerprint density at radius 1 is 1.00 bits per heavy atom. The molecule has 0 unspecified atom stereocenters. The minimum Gasteiger partial charge on any atom is -0.327 e.